The number of hydrogen-bond donors (Lipinski definition) is 4. The minimum absolute atomic E-state index is 0.0727. The molecule has 0 amide bonds. The van der Waals surface area contributed by atoms with Crippen molar-refractivity contribution in [2.45, 2.75) is 52.4 Å². The van der Waals surface area contributed by atoms with E-state index in [-0.39, 0.29) is 76.1 Å². The average Bonchev–Trinajstić information content (AvgIpc) is 3.00. The second kappa shape index (κ2) is 18.9. The van der Waals surface area contributed by atoms with Gasteiger partial charge in [0.1, 0.15) is 26.4 Å². The molecule has 0 aromatic heterocycles. The number of rotatable bonds is 14. The van der Waals surface area contributed by atoms with Crippen LogP contribution in [-0.2, 0) is 57.3 Å². The maximum absolute atomic E-state index is 12.0. The minimum Gasteiger partial charge on any atom is -0.481 e. The van der Waals surface area contributed by atoms with Crippen LogP contribution in [-0.4, -0.2) is 94.6 Å². The number of esters is 4. The summed E-state index contributed by atoms with van der Waals surface area (Å²) in [7, 11) is 0. The molecule has 0 aromatic carbocycles. The van der Waals surface area contributed by atoms with Gasteiger partial charge < -0.3 is 39.4 Å². The standard InChI is InChI=1S/2C15H20O8/c1-8(2)14(20)22-5-6-23-15(21)10-4-3-9(12(16)17)7-11(10)13(18)19;1-8(2)14(20)22-5-6-23-15(21)11-7-9(12(16)17)3-4-10(11)13(18)19/h2*9-11H,1,3-7H2,2H3,(H,16,17)(H,18,19). The van der Waals surface area contributed by atoms with E-state index in [9.17, 15) is 43.5 Å². The molecule has 0 saturated heterocycles. The van der Waals surface area contributed by atoms with Crippen molar-refractivity contribution in [2.24, 2.45) is 35.5 Å². The molecule has 2 aliphatic rings. The molecule has 0 radical (unpaired) electrons. The molecule has 0 aromatic rings. The van der Waals surface area contributed by atoms with Crippen LogP contribution in [0.3, 0.4) is 0 Å². The van der Waals surface area contributed by atoms with Crippen molar-refractivity contribution in [1.82, 2.24) is 0 Å². The SMILES string of the molecule is C=C(C)C(=O)OCCOC(=O)C1CC(C(=O)O)CCC1C(=O)O.C=C(C)C(=O)OCCOC(=O)C1CCC(C(=O)O)CC1C(=O)O. The number of ether oxygens (including phenoxy) is 4. The van der Waals surface area contributed by atoms with E-state index in [1.165, 1.54) is 13.8 Å². The number of carboxylic acids is 4. The molecule has 2 fully saturated rings. The summed E-state index contributed by atoms with van der Waals surface area (Å²) in [5, 5.41) is 36.3. The second-order valence-electron chi connectivity index (χ2n) is 11.0. The second-order valence-corrected chi connectivity index (χ2v) is 11.0. The summed E-state index contributed by atoms with van der Waals surface area (Å²) in [6, 6.07) is 0. The van der Waals surface area contributed by atoms with Crippen LogP contribution < -0.4 is 0 Å². The first-order chi connectivity index (χ1) is 21.5. The molecule has 6 atom stereocenters. The van der Waals surface area contributed by atoms with Crippen LogP contribution in [0.1, 0.15) is 52.4 Å². The van der Waals surface area contributed by atoms with Crippen LogP contribution in [0.25, 0.3) is 0 Å². The molecule has 6 unspecified atom stereocenters. The third-order valence-corrected chi connectivity index (χ3v) is 7.46. The van der Waals surface area contributed by atoms with Crippen LogP contribution in [0.2, 0.25) is 0 Å². The first-order valence-corrected chi connectivity index (χ1v) is 14.4. The molecule has 0 heterocycles. The van der Waals surface area contributed by atoms with Crippen LogP contribution in [0.15, 0.2) is 24.3 Å². The smallest absolute Gasteiger partial charge is 0.333 e. The minimum atomic E-state index is -1.22. The summed E-state index contributed by atoms with van der Waals surface area (Å²) in [5.74, 6) is -12.7. The Morgan fingerprint density at radius 3 is 1.22 bits per heavy atom. The van der Waals surface area contributed by atoms with Crippen molar-refractivity contribution >= 4 is 47.8 Å². The molecule has 16 heteroatoms. The van der Waals surface area contributed by atoms with Crippen molar-refractivity contribution in [3.05, 3.63) is 24.3 Å². The highest BCUT2D eigenvalue weighted by Crippen LogP contribution is 2.36. The van der Waals surface area contributed by atoms with E-state index in [2.05, 4.69) is 13.2 Å². The van der Waals surface area contributed by atoms with E-state index in [0.717, 1.165) is 0 Å². The van der Waals surface area contributed by atoms with E-state index in [0.29, 0.717) is 0 Å². The fraction of sp³-hybridized carbons (Fsp3) is 0.600. The Kier molecular flexibility index (Phi) is 16.1. The van der Waals surface area contributed by atoms with Crippen LogP contribution in [0.4, 0.5) is 0 Å². The molecule has 46 heavy (non-hydrogen) atoms. The zero-order valence-corrected chi connectivity index (χ0v) is 25.6. The van der Waals surface area contributed by atoms with Gasteiger partial charge in [0.15, 0.2) is 0 Å². The molecule has 4 N–H and O–H groups in total. The van der Waals surface area contributed by atoms with Gasteiger partial charge in [-0.15, -0.1) is 0 Å². The van der Waals surface area contributed by atoms with Crippen molar-refractivity contribution in [2.75, 3.05) is 26.4 Å². The number of hydrogen-bond acceptors (Lipinski definition) is 12. The molecule has 256 valence electrons. The molecule has 16 nitrogen and oxygen atoms in total. The first-order valence-electron chi connectivity index (χ1n) is 14.4. The van der Waals surface area contributed by atoms with Gasteiger partial charge in [0.2, 0.25) is 0 Å². The highest BCUT2D eigenvalue weighted by atomic mass is 16.6. The summed E-state index contributed by atoms with van der Waals surface area (Å²) in [6.07, 6.45) is 0.511. The lowest BCUT2D eigenvalue weighted by atomic mass is 9.74. The van der Waals surface area contributed by atoms with Crippen molar-refractivity contribution < 1.29 is 77.7 Å². The average molecular weight is 657 g/mol. The fourth-order valence-corrected chi connectivity index (χ4v) is 4.91. The summed E-state index contributed by atoms with van der Waals surface area (Å²) in [6.45, 7) is 9.00. The monoisotopic (exact) mass is 656 g/mol. The number of carboxylic acid groups (broad SMARTS) is 4. The number of aliphatic carboxylic acids is 4. The molecule has 2 rings (SSSR count). The van der Waals surface area contributed by atoms with E-state index < -0.39 is 83.3 Å². The normalized spacial score (nSPS) is 23.6. The van der Waals surface area contributed by atoms with E-state index in [1.54, 1.807) is 0 Å². The molecule has 0 aliphatic heterocycles. The highest BCUT2D eigenvalue weighted by molar-refractivity contribution is 5.87. The molecule has 0 spiro atoms. The Morgan fingerprint density at radius 1 is 0.500 bits per heavy atom. The third kappa shape index (κ3) is 12.7. The van der Waals surface area contributed by atoms with Crippen LogP contribution >= 0.6 is 0 Å². The van der Waals surface area contributed by atoms with Crippen LogP contribution in [0.5, 0.6) is 0 Å². The van der Waals surface area contributed by atoms with Gasteiger partial charge in [-0.05, 0) is 52.4 Å². The van der Waals surface area contributed by atoms with Gasteiger partial charge in [-0.1, -0.05) is 13.2 Å². The molecular weight excluding hydrogens is 616 g/mol. The van der Waals surface area contributed by atoms with Gasteiger partial charge in [0, 0.05) is 11.1 Å². The van der Waals surface area contributed by atoms with Gasteiger partial charge in [0.25, 0.3) is 0 Å². The summed E-state index contributed by atoms with van der Waals surface area (Å²) in [4.78, 5) is 90.7. The lowest BCUT2D eigenvalue weighted by Gasteiger charge is -2.30. The van der Waals surface area contributed by atoms with Gasteiger partial charge >= 0.3 is 47.8 Å². The van der Waals surface area contributed by atoms with E-state index in [4.69, 9.17) is 34.3 Å². The predicted octanol–water partition coefficient (Wildman–Crippen LogP) is 1.70. The maximum atomic E-state index is 12.0. The summed E-state index contributed by atoms with van der Waals surface area (Å²) in [5.41, 5.74) is 0.424. The van der Waals surface area contributed by atoms with E-state index in [1.807, 2.05) is 0 Å². The summed E-state index contributed by atoms with van der Waals surface area (Å²) < 4.78 is 19.4. The highest BCUT2D eigenvalue weighted by Gasteiger charge is 2.43. The maximum Gasteiger partial charge on any atom is 0.333 e. The zero-order valence-electron chi connectivity index (χ0n) is 25.6. The Bertz CT molecular complexity index is 1200. The number of carbonyl (C=O) groups excluding carboxylic acids is 4. The van der Waals surface area contributed by atoms with Gasteiger partial charge in [-0.2, -0.15) is 0 Å². The molecule has 2 aliphatic carbocycles. The largest absolute Gasteiger partial charge is 0.481 e. The van der Waals surface area contributed by atoms with Gasteiger partial charge in [-0.25, -0.2) is 9.59 Å². The molecule has 2 saturated carbocycles. The van der Waals surface area contributed by atoms with Gasteiger partial charge in [0.05, 0.1) is 35.5 Å². The zero-order chi connectivity index (χ0) is 35.1. The van der Waals surface area contributed by atoms with Crippen molar-refractivity contribution in [1.29, 1.82) is 0 Å². The Morgan fingerprint density at radius 2 is 0.848 bits per heavy atom. The Balaban J connectivity index is 0.000000460. The van der Waals surface area contributed by atoms with E-state index >= 15 is 0 Å². The topological polar surface area (TPSA) is 254 Å². The third-order valence-electron chi connectivity index (χ3n) is 7.46. The van der Waals surface area contributed by atoms with Gasteiger partial charge in [-0.3, -0.25) is 28.8 Å². The lowest BCUT2D eigenvalue weighted by molar-refractivity contribution is -0.164. The quantitative estimate of drug-likeness (QED) is 0.0898. The first kappa shape index (κ1) is 39.3. The predicted molar refractivity (Wildman–Crippen MR) is 153 cm³/mol. The van der Waals surface area contributed by atoms with Crippen molar-refractivity contribution in [3.63, 3.8) is 0 Å². The number of carbonyl (C=O) groups is 8. The fourth-order valence-electron chi connectivity index (χ4n) is 4.91. The Hall–Kier alpha value is -4.76. The lowest BCUT2D eigenvalue weighted by Crippen LogP contribution is -2.38. The molecular formula is C30H40O16. The van der Waals surface area contributed by atoms with Crippen molar-refractivity contribution in [3.8, 4) is 0 Å². The molecule has 0 bridgehead atoms. The summed E-state index contributed by atoms with van der Waals surface area (Å²) >= 11 is 0. The Labute approximate surface area is 264 Å². The van der Waals surface area contributed by atoms with Crippen LogP contribution in [0, 0.1) is 35.5 Å².